The van der Waals surface area contributed by atoms with Crippen molar-refractivity contribution in [3.63, 3.8) is 0 Å². The number of hydrogen-bond acceptors (Lipinski definition) is 2. The van der Waals surface area contributed by atoms with Crippen molar-refractivity contribution in [2.24, 2.45) is 5.73 Å². The molecule has 1 rings (SSSR count). The van der Waals surface area contributed by atoms with Gasteiger partial charge in [-0.25, -0.2) is 0 Å². The summed E-state index contributed by atoms with van der Waals surface area (Å²) in [5, 5.41) is 0. The molecule has 2 unspecified atom stereocenters. The van der Waals surface area contributed by atoms with Crippen molar-refractivity contribution in [2.75, 3.05) is 6.61 Å². The molecule has 0 saturated heterocycles. The van der Waals surface area contributed by atoms with Gasteiger partial charge in [0, 0.05) is 17.1 Å². The second kappa shape index (κ2) is 6.26. The number of ether oxygens (including phenoxy) is 1. The zero-order valence-corrected chi connectivity index (χ0v) is 10.8. The molecular formula is C12H18BrNO. The van der Waals surface area contributed by atoms with Crippen LogP contribution in [0.2, 0.25) is 0 Å². The van der Waals surface area contributed by atoms with Gasteiger partial charge in [-0.15, -0.1) is 0 Å². The maximum absolute atomic E-state index is 5.91. The lowest BCUT2D eigenvalue weighted by Crippen LogP contribution is -2.27. The van der Waals surface area contributed by atoms with Crippen molar-refractivity contribution >= 4 is 15.9 Å². The average molecular weight is 272 g/mol. The van der Waals surface area contributed by atoms with Crippen LogP contribution < -0.4 is 5.73 Å². The van der Waals surface area contributed by atoms with E-state index in [1.54, 1.807) is 0 Å². The fourth-order valence-corrected chi connectivity index (χ4v) is 1.71. The molecule has 0 aliphatic heterocycles. The second-order valence-electron chi connectivity index (χ2n) is 3.70. The highest BCUT2D eigenvalue weighted by Gasteiger charge is 2.15. The van der Waals surface area contributed by atoms with E-state index < -0.39 is 0 Å². The summed E-state index contributed by atoms with van der Waals surface area (Å²) < 4.78 is 6.81. The van der Waals surface area contributed by atoms with Crippen molar-refractivity contribution in [1.82, 2.24) is 0 Å². The van der Waals surface area contributed by atoms with Gasteiger partial charge in [0.1, 0.15) is 0 Å². The van der Waals surface area contributed by atoms with Gasteiger partial charge in [-0.2, -0.15) is 0 Å². The quantitative estimate of drug-likeness (QED) is 0.892. The van der Waals surface area contributed by atoms with Gasteiger partial charge in [0.2, 0.25) is 0 Å². The van der Waals surface area contributed by atoms with Crippen molar-refractivity contribution in [2.45, 2.75) is 32.4 Å². The van der Waals surface area contributed by atoms with E-state index >= 15 is 0 Å². The Bertz CT molecular complexity index is 284. The van der Waals surface area contributed by atoms with Crippen LogP contribution in [-0.2, 0) is 4.74 Å². The van der Waals surface area contributed by atoms with Gasteiger partial charge in [0.05, 0.1) is 6.10 Å². The first-order valence-electron chi connectivity index (χ1n) is 5.27. The number of hydrogen-bond donors (Lipinski definition) is 1. The lowest BCUT2D eigenvalue weighted by molar-refractivity contribution is 0.0387. The minimum atomic E-state index is -0.00181. The van der Waals surface area contributed by atoms with Crippen LogP contribution in [0, 0.1) is 0 Å². The van der Waals surface area contributed by atoms with Gasteiger partial charge < -0.3 is 10.5 Å². The van der Waals surface area contributed by atoms with Gasteiger partial charge in [-0.3, -0.25) is 0 Å². The lowest BCUT2D eigenvalue weighted by atomic mass is 10.0. The molecular weight excluding hydrogens is 254 g/mol. The normalized spacial score (nSPS) is 14.9. The third-order valence-corrected chi connectivity index (χ3v) is 2.71. The fourth-order valence-electron chi connectivity index (χ4n) is 1.45. The monoisotopic (exact) mass is 271 g/mol. The molecule has 1 aromatic rings. The number of nitrogens with two attached hydrogens (primary N) is 1. The molecule has 15 heavy (non-hydrogen) atoms. The van der Waals surface area contributed by atoms with E-state index in [1.165, 1.54) is 0 Å². The summed E-state index contributed by atoms with van der Waals surface area (Å²) in [5.74, 6) is 0. The van der Waals surface area contributed by atoms with Crippen molar-refractivity contribution in [3.8, 4) is 0 Å². The molecule has 2 N–H and O–H groups in total. The third kappa shape index (κ3) is 3.93. The molecule has 0 amide bonds. The molecule has 0 radical (unpaired) electrons. The first-order valence-corrected chi connectivity index (χ1v) is 6.07. The maximum Gasteiger partial charge on any atom is 0.0972 e. The van der Waals surface area contributed by atoms with E-state index in [4.69, 9.17) is 10.5 Å². The van der Waals surface area contributed by atoms with E-state index in [1.807, 2.05) is 31.2 Å². The Labute approximate surface area is 99.9 Å². The Hall–Kier alpha value is -0.380. The summed E-state index contributed by atoms with van der Waals surface area (Å²) in [5.41, 5.74) is 7.05. The van der Waals surface area contributed by atoms with Crippen LogP contribution >= 0.6 is 15.9 Å². The average Bonchev–Trinajstić information content (AvgIpc) is 2.21. The van der Waals surface area contributed by atoms with Gasteiger partial charge in [0.25, 0.3) is 0 Å². The second-order valence-corrected chi connectivity index (χ2v) is 4.62. The summed E-state index contributed by atoms with van der Waals surface area (Å²) in [6, 6.07) is 8.14. The van der Waals surface area contributed by atoms with Gasteiger partial charge in [0.15, 0.2) is 0 Å². The van der Waals surface area contributed by atoms with Crippen molar-refractivity contribution < 1.29 is 4.74 Å². The van der Waals surface area contributed by atoms with Crippen LogP contribution in [0.3, 0.4) is 0 Å². The Morgan fingerprint density at radius 1 is 1.33 bits per heavy atom. The molecule has 0 aliphatic carbocycles. The summed E-state index contributed by atoms with van der Waals surface area (Å²) in [7, 11) is 0. The summed E-state index contributed by atoms with van der Waals surface area (Å²) in [4.78, 5) is 0. The Kier molecular flexibility index (Phi) is 5.29. The first-order chi connectivity index (χ1) is 7.15. The van der Waals surface area contributed by atoms with Gasteiger partial charge >= 0.3 is 0 Å². The van der Waals surface area contributed by atoms with E-state index in [-0.39, 0.29) is 12.1 Å². The van der Waals surface area contributed by atoms with Crippen LogP contribution in [0.25, 0.3) is 0 Å². The van der Waals surface area contributed by atoms with Crippen LogP contribution in [0.4, 0.5) is 0 Å². The Morgan fingerprint density at radius 2 is 1.93 bits per heavy atom. The van der Waals surface area contributed by atoms with E-state index in [0.29, 0.717) is 0 Å². The van der Waals surface area contributed by atoms with Crippen LogP contribution in [0.1, 0.15) is 31.9 Å². The largest absolute Gasteiger partial charge is 0.372 e. The molecule has 0 spiro atoms. The Morgan fingerprint density at radius 3 is 2.40 bits per heavy atom. The zero-order valence-electron chi connectivity index (χ0n) is 9.24. The SMILES string of the molecule is CCCOC(c1ccc(Br)cc1)C(C)N. The molecule has 0 heterocycles. The molecule has 2 nitrogen and oxygen atoms in total. The molecule has 0 fully saturated rings. The molecule has 3 heteroatoms. The molecule has 1 aromatic carbocycles. The number of halogens is 1. The van der Waals surface area contributed by atoms with Crippen LogP contribution in [0.15, 0.2) is 28.7 Å². The van der Waals surface area contributed by atoms with Crippen molar-refractivity contribution in [1.29, 1.82) is 0 Å². The number of rotatable bonds is 5. The topological polar surface area (TPSA) is 35.2 Å². The van der Waals surface area contributed by atoms with Crippen LogP contribution in [0.5, 0.6) is 0 Å². The first kappa shape index (κ1) is 12.7. The third-order valence-electron chi connectivity index (χ3n) is 2.18. The number of benzene rings is 1. The molecule has 0 bridgehead atoms. The Balaban J connectivity index is 2.74. The standard InChI is InChI=1S/C12H18BrNO/c1-3-8-15-12(9(2)14)10-4-6-11(13)7-5-10/h4-7,9,12H,3,8,14H2,1-2H3. The van der Waals surface area contributed by atoms with E-state index in [2.05, 4.69) is 22.9 Å². The highest BCUT2D eigenvalue weighted by molar-refractivity contribution is 9.10. The fraction of sp³-hybridized carbons (Fsp3) is 0.500. The smallest absolute Gasteiger partial charge is 0.0972 e. The minimum absolute atomic E-state index is 0.00181. The predicted octanol–water partition coefficient (Wildman–Crippen LogP) is 3.26. The van der Waals surface area contributed by atoms with Gasteiger partial charge in [-0.05, 0) is 31.0 Å². The summed E-state index contributed by atoms with van der Waals surface area (Å²) >= 11 is 3.41. The predicted molar refractivity (Wildman–Crippen MR) is 66.8 cm³/mol. The van der Waals surface area contributed by atoms with Gasteiger partial charge in [-0.1, -0.05) is 35.0 Å². The lowest BCUT2D eigenvalue weighted by Gasteiger charge is -2.21. The van der Waals surface area contributed by atoms with E-state index in [0.717, 1.165) is 23.1 Å². The molecule has 0 saturated carbocycles. The highest BCUT2D eigenvalue weighted by atomic mass is 79.9. The van der Waals surface area contributed by atoms with Crippen molar-refractivity contribution in [3.05, 3.63) is 34.3 Å². The van der Waals surface area contributed by atoms with Crippen LogP contribution in [-0.4, -0.2) is 12.6 Å². The zero-order chi connectivity index (χ0) is 11.3. The minimum Gasteiger partial charge on any atom is -0.372 e. The molecule has 0 aromatic heterocycles. The summed E-state index contributed by atoms with van der Waals surface area (Å²) in [6.07, 6.45) is 1.01. The summed E-state index contributed by atoms with van der Waals surface area (Å²) in [6.45, 7) is 4.82. The van der Waals surface area contributed by atoms with E-state index in [9.17, 15) is 0 Å². The molecule has 84 valence electrons. The molecule has 2 atom stereocenters. The highest BCUT2D eigenvalue weighted by Crippen LogP contribution is 2.22. The maximum atomic E-state index is 5.91. The molecule has 0 aliphatic rings.